The van der Waals surface area contributed by atoms with Crippen molar-refractivity contribution < 1.29 is 9.18 Å². The maximum absolute atomic E-state index is 15.0. The molecule has 0 aliphatic heterocycles. The van der Waals surface area contributed by atoms with Crippen molar-refractivity contribution in [2.45, 2.75) is 19.8 Å². The third-order valence-corrected chi connectivity index (χ3v) is 4.87. The number of nitrogens with two attached hydrogens (primary N) is 1. The smallest absolute Gasteiger partial charge is 0.249 e. The van der Waals surface area contributed by atoms with E-state index in [-0.39, 0.29) is 5.56 Å². The number of fused-ring (bicyclic) bond motifs is 3. The predicted molar refractivity (Wildman–Crippen MR) is 103 cm³/mol. The van der Waals surface area contributed by atoms with E-state index >= 15 is 4.39 Å². The highest BCUT2D eigenvalue weighted by Gasteiger charge is 2.28. The van der Waals surface area contributed by atoms with Crippen molar-refractivity contribution in [2.24, 2.45) is 5.73 Å². The number of primary amides is 1. The molecule has 1 aromatic heterocycles. The summed E-state index contributed by atoms with van der Waals surface area (Å²) < 4.78 is 15.0. The molecule has 1 aliphatic carbocycles. The number of benzene rings is 2. The second-order valence-electron chi connectivity index (χ2n) is 6.54. The predicted octanol–water partition coefficient (Wildman–Crippen LogP) is 3.85. The molecule has 0 unspecified atom stereocenters. The van der Waals surface area contributed by atoms with Crippen molar-refractivity contribution in [3.05, 3.63) is 88.0 Å². The number of aromatic nitrogens is 1. The first kappa shape index (κ1) is 17.0. The number of carbonyl (C=O) groups is 1. The number of pyridine rings is 1. The van der Waals surface area contributed by atoms with Crippen LogP contribution in [0.4, 0.5) is 4.39 Å². The van der Waals surface area contributed by atoms with Crippen LogP contribution in [0.15, 0.2) is 48.7 Å². The van der Waals surface area contributed by atoms with Crippen LogP contribution >= 0.6 is 0 Å². The summed E-state index contributed by atoms with van der Waals surface area (Å²) >= 11 is 0. The average Bonchev–Trinajstić information content (AvgIpc) is 3.03. The van der Waals surface area contributed by atoms with Crippen molar-refractivity contribution in [1.82, 2.24) is 4.98 Å². The molecule has 3 aromatic rings. The number of hydrogen-bond acceptors (Lipinski definition) is 2. The van der Waals surface area contributed by atoms with Crippen LogP contribution in [0.5, 0.6) is 0 Å². The minimum absolute atomic E-state index is 0.259. The van der Waals surface area contributed by atoms with Gasteiger partial charge in [0.1, 0.15) is 11.5 Å². The zero-order valence-corrected chi connectivity index (χ0v) is 14.8. The Balaban J connectivity index is 1.90. The highest BCUT2D eigenvalue weighted by atomic mass is 19.1. The minimum atomic E-state index is -0.603. The summed E-state index contributed by atoms with van der Waals surface area (Å²) in [6.07, 6.45) is 2.65. The molecule has 3 nitrogen and oxygen atoms in total. The number of nitrogens with zero attached hydrogens (tertiary/aromatic N) is 1. The van der Waals surface area contributed by atoms with Gasteiger partial charge in [0.25, 0.3) is 0 Å². The third kappa shape index (κ3) is 2.98. The highest BCUT2D eigenvalue weighted by molar-refractivity contribution is 5.98. The van der Waals surface area contributed by atoms with E-state index in [2.05, 4.69) is 16.8 Å². The Kier molecular flexibility index (Phi) is 4.21. The standard InChI is InChI=1S/C23H17FN2O/c1-2-5-16-10-14(8-9-26-16)11-20-21(24)13-19(23(25)27)18-12-15-6-3-4-7-17(15)22(18)20/h3-4,6-10,13H,11-12H2,1H3,(H2,25,27). The fourth-order valence-electron chi connectivity index (χ4n) is 3.73. The second-order valence-corrected chi connectivity index (χ2v) is 6.54. The lowest BCUT2D eigenvalue weighted by molar-refractivity contribution is 0.0999. The van der Waals surface area contributed by atoms with Crippen molar-refractivity contribution in [3.8, 4) is 23.0 Å². The third-order valence-electron chi connectivity index (χ3n) is 4.87. The quantitative estimate of drug-likeness (QED) is 0.567. The van der Waals surface area contributed by atoms with Crippen LogP contribution in [0.1, 0.15) is 45.2 Å². The lowest BCUT2D eigenvalue weighted by Crippen LogP contribution is -2.15. The van der Waals surface area contributed by atoms with E-state index in [1.54, 1.807) is 13.1 Å². The van der Waals surface area contributed by atoms with Gasteiger partial charge in [-0.15, -0.1) is 0 Å². The molecular weight excluding hydrogens is 339 g/mol. The van der Waals surface area contributed by atoms with Crippen LogP contribution in [-0.4, -0.2) is 10.9 Å². The molecule has 1 aliphatic rings. The fraction of sp³-hybridized carbons (Fsp3) is 0.130. The summed E-state index contributed by atoms with van der Waals surface area (Å²) in [5.41, 5.74) is 11.6. The summed E-state index contributed by atoms with van der Waals surface area (Å²) in [7, 11) is 0. The summed E-state index contributed by atoms with van der Waals surface area (Å²) in [4.78, 5) is 16.1. The van der Waals surface area contributed by atoms with Crippen LogP contribution < -0.4 is 5.73 Å². The molecule has 0 bridgehead atoms. The molecule has 2 aromatic carbocycles. The van der Waals surface area contributed by atoms with Gasteiger partial charge >= 0.3 is 0 Å². The molecule has 4 rings (SSSR count). The number of rotatable bonds is 3. The van der Waals surface area contributed by atoms with E-state index in [1.165, 1.54) is 6.07 Å². The van der Waals surface area contributed by atoms with Crippen LogP contribution in [0, 0.1) is 17.7 Å². The first-order valence-corrected chi connectivity index (χ1v) is 8.68. The SMILES string of the molecule is CC#Cc1cc(Cc2c(F)cc(C(N)=O)c3c2-c2ccccc2C3)ccn1. The molecule has 0 atom stereocenters. The van der Waals surface area contributed by atoms with E-state index in [0.717, 1.165) is 27.8 Å². The molecule has 0 fully saturated rings. The normalized spacial score (nSPS) is 11.3. The Hall–Kier alpha value is -3.45. The molecular formula is C23H17FN2O. The van der Waals surface area contributed by atoms with Crippen LogP contribution in [-0.2, 0) is 12.8 Å². The van der Waals surface area contributed by atoms with E-state index in [4.69, 9.17) is 5.73 Å². The summed E-state index contributed by atoms with van der Waals surface area (Å²) in [6, 6.07) is 12.8. The maximum Gasteiger partial charge on any atom is 0.249 e. The maximum atomic E-state index is 15.0. The Morgan fingerprint density at radius 3 is 2.85 bits per heavy atom. The Morgan fingerprint density at radius 1 is 1.26 bits per heavy atom. The van der Waals surface area contributed by atoms with Gasteiger partial charge in [0.15, 0.2) is 0 Å². The average molecular weight is 356 g/mol. The highest BCUT2D eigenvalue weighted by Crippen LogP contribution is 2.42. The molecule has 27 heavy (non-hydrogen) atoms. The molecule has 2 N–H and O–H groups in total. The number of halogens is 1. The molecule has 0 spiro atoms. The topological polar surface area (TPSA) is 56.0 Å². The zero-order valence-electron chi connectivity index (χ0n) is 14.8. The molecule has 4 heteroatoms. The van der Waals surface area contributed by atoms with E-state index in [1.807, 2.05) is 36.4 Å². The number of hydrogen-bond donors (Lipinski definition) is 1. The Bertz CT molecular complexity index is 1140. The van der Waals surface area contributed by atoms with Gasteiger partial charge in [0, 0.05) is 23.7 Å². The van der Waals surface area contributed by atoms with Gasteiger partial charge in [-0.2, -0.15) is 0 Å². The molecule has 1 heterocycles. The van der Waals surface area contributed by atoms with Gasteiger partial charge in [-0.3, -0.25) is 4.79 Å². The lowest BCUT2D eigenvalue weighted by Gasteiger charge is -2.14. The second kappa shape index (κ2) is 6.69. The van der Waals surface area contributed by atoms with Gasteiger partial charge < -0.3 is 5.73 Å². The zero-order chi connectivity index (χ0) is 19.0. The van der Waals surface area contributed by atoms with E-state index in [0.29, 0.717) is 24.1 Å². The summed E-state index contributed by atoms with van der Waals surface area (Å²) in [5.74, 6) is 4.73. The molecule has 0 radical (unpaired) electrons. The summed E-state index contributed by atoms with van der Waals surface area (Å²) in [6.45, 7) is 1.75. The minimum Gasteiger partial charge on any atom is -0.366 e. The first-order chi connectivity index (χ1) is 13.1. The first-order valence-electron chi connectivity index (χ1n) is 8.68. The van der Waals surface area contributed by atoms with Gasteiger partial charge in [-0.25, -0.2) is 9.37 Å². The van der Waals surface area contributed by atoms with E-state index in [9.17, 15) is 4.79 Å². The lowest BCUT2D eigenvalue weighted by atomic mass is 9.91. The molecule has 1 amide bonds. The van der Waals surface area contributed by atoms with Crippen LogP contribution in [0.25, 0.3) is 11.1 Å². The van der Waals surface area contributed by atoms with Crippen molar-refractivity contribution in [1.29, 1.82) is 0 Å². The van der Waals surface area contributed by atoms with E-state index < -0.39 is 11.7 Å². The Labute approximate surface area is 157 Å². The monoisotopic (exact) mass is 356 g/mol. The molecule has 0 saturated heterocycles. The number of amides is 1. The van der Waals surface area contributed by atoms with Crippen molar-refractivity contribution in [3.63, 3.8) is 0 Å². The van der Waals surface area contributed by atoms with Crippen molar-refractivity contribution >= 4 is 5.91 Å². The van der Waals surface area contributed by atoms with Crippen LogP contribution in [0.3, 0.4) is 0 Å². The fourth-order valence-corrected chi connectivity index (χ4v) is 3.73. The van der Waals surface area contributed by atoms with Crippen LogP contribution in [0.2, 0.25) is 0 Å². The Morgan fingerprint density at radius 2 is 2.07 bits per heavy atom. The molecule has 132 valence electrons. The van der Waals surface area contributed by atoms with Gasteiger partial charge in [-0.05, 0) is 65.3 Å². The van der Waals surface area contributed by atoms with Gasteiger partial charge in [0.05, 0.1) is 0 Å². The largest absolute Gasteiger partial charge is 0.366 e. The summed E-state index contributed by atoms with van der Waals surface area (Å²) in [5, 5.41) is 0. The van der Waals surface area contributed by atoms with Gasteiger partial charge in [0.2, 0.25) is 5.91 Å². The molecule has 0 saturated carbocycles. The number of carbonyl (C=O) groups excluding carboxylic acids is 1. The van der Waals surface area contributed by atoms with Gasteiger partial charge in [-0.1, -0.05) is 30.2 Å². The van der Waals surface area contributed by atoms with Crippen molar-refractivity contribution in [2.75, 3.05) is 0 Å².